The molecule has 0 aliphatic rings. The number of aryl methyl sites for hydroxylation is 1. The highest BCUT2D eigenvalue weighted by Gasteiger charge is 2.08. The van der Waals surface area contributed by atoms with E-state index >= 15 is 0 Å². The van der Waals surface area contributed by atoms with Gasteiger partial charge in [0.1, 0.15) is 11.6 Å². The van der Waals surface area contributed by atoms with E-state index in [0.29, 0.717) is 5.92 Å². The molecule has 0 saturated heterocycles. The van der Waals surface area contributed by atoms with Crippen molar-refractivity contribution in [2.75, 3.05) is 6.61 Å². The second-order valence-electron chi connectivity index (χ2n) is 7.99. The van der Waals surface area contributed by atoms with Crippen LogP contribution in [-0.4, -0.2) is 11.6 Å². The van der Waals surface area contributed by atoms with Crippen LogP contribution in [0.4, 0.5) is 4.39 Å². The number of benzene rings is 3. The third kappa shape index (κ3) is 4.35. The lowest BCUT2D eigenvalue weighted by Crippen LogP contribution is -2.04. The molecule has 0 bridgehead atoms. The second-order valence-corrected chi connectivity index (χ2v) is 7.99. The second kappa shape index (κ2) is 8.66. The largest absolute Gasteiger partial charge is 0.493 e. The lowest BCUT2D eigenvalue weighted by molar-refractivity contribution is 0.271. The Hall–Kier alpha value is -3.20. The van der Waals surface area contributed by atoms with Gasteiger partial charge in [-0.3, -0.25) is 0 Å². The van der Waals surface area contributed by atoms with E-state index in [4.69, 9.17) is 9.72 Å². The van der Waals surface area contributed by atoms with Crippen LogP contribution in [0.1, 0.15) is 26.3 Å². The Kier molecular flexibility index (Phi) is 5.80. The minimum absolute atomic E-state index is 0.225. The quantitative estimate of drug-likeness (QED) is 0.339. The van der Waals surface area contributed by atoms with E-state index < -0.39 is 0 Å². The summed E-state index contributed by atoms with van der Waals surface area (Å²) < 4.78 is 19.4. The molecule has 4 aromatic rings. The molecule has 1 aromatic heterocycles. The number of hydrogen-bond donors (Lipinski definition) is 0. The van der Waals surface area contributed by atoms with Gasteiger partial charge in [0.25, 0.3) is 0 Å². The summed E-state index contributed by atoms with van der Waals surface area (Å²) in [6, 6.07) is 23.5. The minimum atomic E-state index is -0.225. The smallest absolute Gasteiger partial charge is 0.123 e. The summed E-state index contributed by atoms with van der Waals surface area (Å²) >= 11 is 0. The SMILES string of the molecule is CCc1cc(-c2ccc(-c3ccc(OCC(C)C)cc3)cc2)nc2ccc(F)cc12. The van der Waals surface area contributed by atoms with Crippen molar-refractivity contribution in [2.24, 2.45) is 5.92 Å². The lowest BCUT2D eigenvalue weighted by Gasteiger charge is -2.11. The average Bonchev–Trinajstić information content (AvgIpc) is 2.77. The molecule has 4 rings (SSSR count). The number of pyridine rings is 1. The molecule has 0 amide bonds. The first-order valence-corrected chi connectivity index (χ1v) is 10.5. The third-order valence-corrected chi connectivity index (χ3v) is 5.19. The molecule has 0 atom stereocenters. The van der Waals surface area contributed by atoms with Gasteiger partial charge >= 0.3 is 0 Å². The molecule has 30 heavy (non-hydrogen) atoms. The van der Waals surface area contributed by atoms with Crippen molar-refractivity contribution in [1.82, 2.24) is 4.98 Å². The van der Waals surface area contributed by atoms with Crippen LogP contribution in [0.25, 0.3) is 33.3 Å². The molecule has 1 heterocycles. The van der Waals surface area contributed by atoms with E-state index in [1.807, 2.05) is 12.1 Å². The Balaban J connectivity index is 1.60. The first-order valence-electron chi connectivity index (χ1n) is 10.5. The van der Waals surface area contributed by atoms with Gasteiger partial charge in [-0.25, -0.2) is 9.37 Å². The highest BCUT2D eigenvalue weighted by Crippen LogP contribution is 2.29. The first kappa shape index (κ1) is 20.1. The summed E-state index contributed by atoms with van der Waals surface area (Å²) in [5, 5.41) is 0.887. The van der Waals surface area contributed by atoms with E-state index in [-0.39, 0.29) is 5.82 Å². The third-order valence-electron chi connectivity index (χ3n) is 5.19. The number of hydrogen-bond acceptors (Lipinski definition) is 2. The van der Waals surface area contributed by atoms with Crippen LogP contribution in [0.2, 0.25) is 0 Å². The van der Waals surface area contributed by atoms with E-state index in [2.05, 4.69) is 63.2 Å². The molecule has 0 fully saturated rings. The van der Waals surface area contributed by atoms with Gasteiger partial charge in [0.15, 0.2) is 0 Å². The summed E-state index contributed by atoms with van der Waals surface area (Å²) in [6.45, 7) is 7.09. The van der Waals surface area contributed by atoms with E-state index in [0.717, 1.165) is 57.6 Å². The predicted molar refractivity (Wildman–Crippen MR) is 122 cm³/mol. The molecule has 0 unspecified atom stereocenters. The molecule has 152 valence electrons. The van der Waals surface area contributed by atoms with Crippen LogP contribution in [0.15, 0.2) is 72.8 Å². The van der Waals surface area contributed by atoms with Crippen molar-refractivity contribution in [3.05, 3.63) is 84.2 Å². The Labute approximate surface area is 177 Å². The van der Waals surface area contributed by atoms with Crippen LogP contribution in [-0.2, 0) is 6.42 Å². The summed E-state index contributed by atoms with van der Waals surface area (Å²) in [5.74, 6) is 1.18. The Morgan fingerprint density at radius 3 is 2.10 bits per heavy atom. The fourth-order valence-corrected chi connectivity index (χ4v) is 3.55. The maximum atomic E-state index is 13.6. The molecular weight excluding hydrogens is 373 g/mol. The van der Waals surface area contributed by atoms with Gasteiger partial charge in [0.2, 0.25) is 0 Å². The van der Waals surface area contributed by atoms with Crippen LogP contribution in [0.5, 0.6) is 5.75 Å². The van der Waals surface area contributed by atoms with Crippen molar-refractivity contribution in [3.8, 4) is 28.1 Å². The zero-order valence-electron chi connectivity index (χ0n) is 17.7. The summed E-state index contributed by atoms with van der Waals surface area (Å²) in [5.41, 5.74) is 6.19. The topological polar surface area (TPSA) is 22.1 Å². The van der Waals surface area contributed by atoms with Crippen LogP contribution < -0.4 is 4.74 Å². The van der Waals surface area contributed by atoms with Gasteiger partial charge in [0, 0.05) is 10.9 Å². The summed E-state index contributed by atoms with van der Waals surface area (Å²) in [7, 11) is 0. The fraction of sp³-hybridized carbons (Fsp3) is 0.222. The maximum absolute atomic E-state index is 13.6. The van der Waals surface area contributed by atoms with E-state index in [1.54, 1.807) is 12.1 Å². The Morgan fingerprint density at radius 1 is 0.833 bits per heavy atom. The van der Waals surface area contributed by atoms with E-state index in [9.17, 15) is 4.39 Å². The normalized spacial score (nSPS) is 11.2. The molecule has 3 heteroatoms. The van der Waals surface area contributed by atoms with Crippen molar-refractivity contribution >= 4 is 10.9 Å². The van der Waals surface area contributed by atoms with Crippen molar-refractivity contribution in [2.45, 2.75) is 27.2 Å². The molecule has 0 aliphatic heterocycles. The van der Waals surface area contributed by atoms with Crippen molar-refractivity contribution < 1.29 is 9.13 Å². The molecule has 3 aromatic carbocycles. The summed E-state index contributed by atoms with van der Waals surface area (Å²) in [4.78, 5) is 4.76. The number of nitrogens with zero attached hydrogens (tertiary/aromatic N) is 1. The number of halogens is 1. The Morgan fingerprint density at radius 2 is 1.47 bits per heavy atom. The molecule has 0 radical (unpaired) electrons. The standard InChI is InChI=1S/C27H26FNO/c1-4-19-15-27(29-26-14-11-23(28)16-25(19)26)22-7-5-20(6-8-22)21-9-12-24(13-10-21)30-17-18(2)3/h5-16,18H,4,17H2,1-3H3. The van der Waals surface area contributed by atoms with Gasteiger partial charge < -0.3 is 4.74 Å². The molecule has 0 N–H and O–H groups in total. The molecule has 0 saturated carbocycles. The zero-order chi connectivity index (χ0) is 21.1. The Bertz CT molecular complexity index is 1150. The van der Waals surface area contributed by atoms with Gasteiger partial charge in [0.05, 0.1) is 17.8 Å². The monoisotopic (exact) mass is 399 g/mol. The minimum Gasteiger partial charge on any atom is -0.493 e. The zero-order valence-corrected chi connectivity index (χ0v) is 17.7. The highest BCUT2D eigenvalue weighted by atomic mass is 19.1. The fourth-order valence-electron chi connectivity index (χ4n) is 3.55. The first-order chi connectivity index (χ1) is 14.5. The van der Waals surface area contributed by atoms with Gasteiger partial charge in [-0.1, -0.05) is 57.2 Å². The highest BCUT2D eigenvalue weighted by molar-refractivity contribution is 5.85. The van der Waals surface area contributed by atoms with Crippen LogP contribution >= 0.6 is 0 Å². The number of ether oxygens (including phenoxy) is 1. The van der Waals surface area contributed by atoms with Crippen molar-refractivity contribution in [3.63, 3.8) is 0 Å². The van der Waals surface area contributed by atoms with Gasteiger partial charge in [-0.2, -0.15) is 0 Å². The lowest BCUT2D eigenvalue weighted by atomic mass is 10.00. The van der Waals surface area contributed by atoms with Crippen LogP contribution in [0, 0.1) is 11.7 Å². The van der Waals surface area contributed by atoms with Crippen molar-refractivity contribution in [1.29, 1.82) is 0 Å². The van der Waals surface area contributed by atoms with Gasteiger partial charge in [-0.15, -0.1) is 0 Å². The number of aromatic nitrogens is 1. The average molecular weight is 400 g/mol. The van der Waals surface area contributed by atoms with Gasteiger partial charge in [-0.05, 0) is 65.4 Å². The molecule has 0 spiro atoms. The number of fused-ring (bicyclic) bond motifs is 1. The number of rotatable bonds is 6. The van der Waals surface area contributed by atoms with Crippen LogP contribution in [0.3, 0.4) is 0 Å². The van der Waals surface area contributed by atoms with E-state index in [1.165, 1.54) is 6.07 Å². The molecule has 0 aliphatic carbocycles. The molecule has 2 nitrogen and oxygen atoms in total. The predicted octanol–water partition coefficient (Wildman–Crippen LogP) is 7.31. The summed E-state index contributed by atoms with van der Waals surface area (Å²) in [6.07, 6.45) is 0.832. The maximum Gasteiger partial charge on any atom is 0.123 e. The molecular formula is C27H26FNO.